The van der Waals surface area contributed by atoms with Gasteiger partial charge in [0, 0.05) is 5.56 Å². The average molecular weight is 312 g/mol. The van der Waals surface area contributed by atoms with Gasteiger partial charge in [-0.25, -0.2) is 0 Å². The normalized spacial score (nSPS) is 10.5. The number of nitriles is 4. The van der Waals surface area contributed by atoms with Crippen LogP contribution in [0.5, 0.6) is 0 Å². The van der Waals surface area contributed by atoms with Crippen LogP contribution in [0.1, 0.15) is 44.3 Å². The highest BCUT2D eigenvalue weighted by molar-refractivity contribution is 6.03. The molecule has 0 spiro atoms. The van der Waals surface area contributed by atoms with Crippen LogP contribution in [-0.2, 0) is 0 Å². The van der Waals surface area contributed by atoms with Crippen molar-refractivity contribution >= 4 is 5.78 Å². The third kappa shape index (κ3) is 2.70. The SMILES string of the molecule is N#Cc1cc(C(=O)C(O)c2ccccc2)c(C#N)c(C#N)c1C#N. The number of Topliss-reactive ketones (excluding diaryl/α,β-unsaturated/α-hetero) is 1. The van der Waals surface area contributed by atoms with Gasteiger partial charge in [0.05, 0.1) is 22.3 Å². The van der Waals surface area contributed by atoms with Crippen LogP contribution in [-0.4, -0.2) is 10.9 Å². The third-order valence-electron chi connectivity index (χ3n) is 3.41. The van der Waals surface area contributed by atoms with Gasteiger partial charge in [0.15, 0.2) is 5.78 Å². The highest BCUT2D eigenvalue weighted by Crippen LogP contribution is 2.26. The molecule has 0 aliphatic carbocycles. The molecule has 2 rings (SSSR count). The summed E-state index contributed by atoms with van der Waals surface area (Å²) in [6, 6.07) is 15.9. The summed E-state index contributed by atoms with van der Waals surface area (Å²) in [5.74, 6) is -0.824. The fourth-order valence-corrected chi connectivity index (χ4v) is 2.24. The van der Waals surface area contributed by atoms with Crippen LogP contribution in [0.4, 0.5) is 0 Å². The van der Waals surface area contributed by atoms with E-state index in [-0.39, 0.29) is 27.8 Å². The average Bonchev–Trinajstić information content (AvgIpc) is 2.65. The summed E-state index contributed by atoms with van der Waals surface area (Å²) in [6.45, 7) is 0. The van der Waals surface area contributed by atoms with Crippen LogP contribution in [0.25, 0.3) is 0 Å². The van der Waals surface area contributed by atoms with Crippen molar-refractivity contribution in [2.45, 2.75) is 6.10 Å². The molecule has 0 aromatic heterocycles. The summed E-state index contributed by atoms with van der Waals surface area (Å²) >= 11 is 0. The number of nitrogens with zero attached hydrogens (tertiary/aromatic N) is 4. The number of rotatable bonds is 3. The molecule has 0 aliphatic heterocycles. The van der Waals surface area contributed by atoms with Gasteiger partial charge in [-0.3, -0.25) is 4.79 Å². The molecule has 1 atom stereocenters. The lowest BCUT2D eigenvalue weighted by molar-refractivity contribution is 0.0747. The van der Waals surface area contributed by atoms with Crippen molar-refractivity contribution in [2.24, 2.45) is 0 Å². The Kier molecular flexibility index (Phi) is 4.69. The molecule has 1 unspecified atom stereocenters. The van der Waals surface area contributed by atoms with E-state index < -0.39 is 11.9 Å². The van der Waals surface area contributed by atoms with Gasteiger partial charge in [0.2, 0.25) is 0 Å². The van der Waals surface area contributed by atoms with Gasteiger partial charge in [-0.05, 0) is 11.6 Å². The Labute approximate surface area is 137 Å². The number of ketones is 1. The molecule has 0 aliphatic rings. The molecule has 6 heteroatoms. The van der Waals surface area contributed by atoms with E-state index in [1.807, 2.05) is 0 Å². The fraction of sp³-hybridized carbons (Fsp3) is 0.0556. The molecule has 2 aromatic rings. The smallest absolute Gasteiger partial charge is 0.197 e. The second-order valence-electron chi connectivity index (χ2n) is 4.72. The Balaban J connectivity index is 2.70. The molecule has 112 valence electrons. The van der Waals surface area contributed by atoms with E-state index in [2.05, 4.69) is 0 Å². The number of aliphatic hydroxyl groups excluding tert-OH is 1. The topological polar surface area (TPSA) is 132 Å². The van der Waals surface area contributed by atoms with Crippen LogP contribution < -0.4 is 0 Å². The van der Waals surface area contributed by atoms with E-state index in [0.717, 1.165) is 6.07 Å². The molecule has 0 heterocycles. The number of carbonyl (C=O) groups excluding carboxylic acids is 1. The van der Waals surface area contributed by atoms with E-state index in [1.54, 1.807) is 42.5 Å². The Morgan fingerprint density at radius 1 is 0.875 bits per heavy atom. The molecule has 0 amide bonds. The first-order valence-corrected chi connectivity index (χ1v) is 6.67. The molecule has 0 saturated heterocycles. The van der Waals surface area contributed by atoms with Gasteiger partial charge in [-0.1, -0.05) is 30.3 Å². The lowest BCUT2D eigenvalue weighted by atomic mass is 9.89. The maximum Gasteiger partial charge on any atom is 0.197 e. The van der Waals surface area contributed by atoms with Crippen molar-refractivity contribution < 1.29 is 9.90 Å². The van der Waals surface area contributed by atoms with Crippen molar-refractivity contribution in [1.82, 2.24) is 0 Å². The number of benzene rings is 2. The molecule has 24 heavy (non-hydrogen) atoms. The Bertz CT molecular complexity index is 983. The molecule has 0 radical (unpaired) electrons. The second-order valence-corrected chi connectivity index (χ2v) is 4.72. The summed E-state index contributed by atoms with van der Waals surface area (Å²) < 4.78 is 0. The predicted molar refractivity (Wildman–Crippen MR) is 81.0 cm³/mol. The van der Waals surface area contributed by atoms with Crippen LogP contribution in [0.15, 0.2) is 36.4 Å². The van der Waals surface area contributed by atoms with Gasteiger partial charge >= 0.3 is 0 Å². The van der Waals surface area contributed by atoms with Crippen molar-refractivity contribution in [3.8, 4) is 24.3 Å². The largest absolute Gasteiger partial charge is 0.380 e. The van der Waals surface area contributed by atoms with Crippen molar-refractivity contribution in [3.63, 3.8) is 0 Å². The van der Waals surface area contributed by atoms with Crippen LogP contribution >= 0.6 is 0 Å². The van der Waals surface area contributed by atoms with E-state index in [0.29, 0.717) is 5.56 Å². The summed E-state index contributed by atoms with van der Waals surface area (Å²) in [4.78, 5) is 12.6. The lowest BCUT2D eigenvalue weighted by Gasteiger charge is -2.13. The van der Waals surface area contributed by atoms with E-state index in [1.165, 1.54) is 12.1 Å². The van der Waals surface area contributed by atoms with Gasteiger partial charge < -0.3 is 5.11 Å². The Morgan fingerprint density at radius 2 is 1.46 bits per heavy atom. The van der Waals surface area contributed by atoms with Crippen LogP contribution in [0, 0.1) is 45.3 Å². The first-order chi connectivity index (χ1) is 11.6. The van der Waals surface area contributed by atoms with Gasteiger partial charge in [0.1, 0.15) is 30.4 Å². The van der Waals surface area contributed by atoms with Crippen LogP contribution in [0.3, 0.4) is 0 Å². The van der Waals surface area contributed by atoms with E-state index in [4.69, 9.17) is 10.5 Å². The zero-order chi connectivity index (χ0) is 17.7. The molecule has 0 bridgehead atoms. The minimum Gasteiger partial charge on any atom is -0.380 e. The second kappa shape index (κ2) is 6.86. The first kappa shape index (κ1) is 16.4. The van der Waals surface area contributed by atoms with Crippen LogP contribution in [0.2, 0.25) is 0 Å². The highest BCUT2D eigenvalue weighted by Gasteiger charge is 2.26. The summed E-state index contributed by atoms with van der Waals surface area (Å²) in [7, 11) is 0. The molecule has 1 N–H and O–H groups in total. The fourth-order valence-electron chi connectivity index (χ4n) is 2.24. The van der Waals surface area contributed by atoms with Gasteiger partial charge in [0.25, 0.3) is 0 Å². The molecule has 2 aromatic carbocycles. The molecular weight excluding hydrogens is 304 g/mol. The standard InChI is InChI=1S/C18H8N4O2/c19-7-12-6-13(15(9-21)16(10-22)14(12)8-20)18(24)17(23)11-4-2-1-3-5-11/h1-6,17,23H. The Morgan fingerprint density at radius 3 is 1.96 bits per heavy atom. The Hall–Kier alpha value is -3.97. The van der Waals surface area contributed by atoms with Crippen molar-refractivity contribution in [1.29, 1.82) is 21.0 Å². The quantitative estimate of drug-likeness (QED) is 0.863. The maximum absolute atomic E-state index is 12.6. The summed E-state index contributed by atoms with van der Waals surface area (Å²) in [5, 5.41) is 47.0. The minimum absolute atomic E-state index is 0.198. The maximum atomic E-state index is 12.6. The molecule has 0 fully saturated rings. The third-order valence-corrected chi connectivity index (χ3v) is 3.41. The van der Waals surface area contributed by atoms with Gasteiger partial charge in [-0.15, -0.1) is 0 Å². The van der Waals surface area contributed by atoms with E-state index in [9.17, 15) is 20.4 Å². The zero-order valence-electron chi connectivity index (χ0n) is 12.2. The first-order valence-electron chi connectivity index (χ1n) is 6.67. The zero-order valence-corrected chi connectivity index (χ0v) is 12.2. The molecule has 0 saturated carbocycles. The predicted octanol–water partition coefficient (Wildman–Crippen LogP) is 2.09. The van der Waals surface area contributed by atoms with Gasteiger partial charge in [-0.2, -0.15) is 21.0 Å². The number of hydrogen-bond acceptors (Lipinski definition) is 6. The highest BCUT2D eigenvalue weighted by atomic mass is 16.3. The minimum atomic E-state index is -1.55. The molecular formula is C18H8N4O2. The summed E-state index contributed by atoms with van der Waals surface area (Å²) in [6.07, 6.45) is -1.55. The van der Waals surface area contributed by atoms with Crippen molar-refractivity contribution in [2.75, 3.05) is 0 Å². The van der Waals surface area contributed by atoms with E-state index >= 15 is 0 Å². The van der Waals surface area contributed by atoms with Crippen molar-refractivity contribution in [3.05, 3.63) is 69.8 Å². The lowest BCUT2D eigenvalue weighted by Crippen LogP contribution is -2.15. The summed E-state index contributed by atoms with van der Waals surface area (Å²) in [5.41, 5.74) is -1.08. The molecule has 6 nitrogen and oxygen atoms in total. The number of hydrogen-bond donors (Lipinski definition) is 1. The number of aliphatic hydroxyl groups is 1. The number of carbonyl (C=O) groups is 1. The monoisotopic (exact) mass is 312 g/mol.